The van der Waals surface area contributed by atoms with Crippen LogP contribution in [0.2, 0.25) is 5.02 Å². The lowest BCUT2D eigenvalue weighted by Crippen LogP contribution is -2.05. The first kappa shape index (κ1) is 17.0. The van der Waals surface area contributed by atoms with E-state index in [1.54, 1.807) is 24.3 Å². The number of methoxy groups -OCH3 is 1. The highest BCUT2D eigenvalue weighted by molar-refractivity contribution is 6.30. The number of benzene rings is 2. The van der Waals surface area contributed by atoms with Gasteiger partial charge in [0.05, 0.1) is 7.11 Å². The molecule has 0 aliphatic carbocycles. The molecule has 0 saturated carbocycles. The second-order valence-corrected chi connectivity index (χ2v) is 6.12. The zero-order valence-electron chi connectivity index (χ0n) is 14.1. The third-order valence-corrected chi connectivity index (χ3v) is 4.06. The van der Waals surface area contributed by atoms with Crippen LogP contribution in [0.25, 0.3) is 11.3 Å². The van der Waals surface area contributed by atoms with E-state index in [0.717, 1.165) is 16.8 Å². The van der Waals surface area contributed by atoms with Gasteiger partial charge in [-0.15, -0.1) is 0 Å². The van der Waals surface area contributed by atoms with E-state index in [4.69, 9.17) is 20.9 Å². The first-order valence-corrected chi connectivity index (χ1v) is 8.05. The fourth-order valence-electron chi connectivity index (χ4n) is 2.49. The van der Waals surface area contributed by atoms with Crippen LogP contribution in [0.4, 0.5) is 11.6 Å². The van der Waals surface area contributed by atoms with Crippen LogP contribution in [-0.2, 0) is 4.74 Å². The number of anilines is 2. The molecule has 128 valence electrons. The third kappa shape index (κ3) is 3.51. The molecule has 3 rings (SSSR count). The minimum absolute atomic E-state index is 0.227. The minimum atomic E-state index is -0.538. The van der Waals surface area contributed by atoms with Crippen molar-refractivity contribution in [2.24, 2.45) is 0 Å². The zero-order chi connectivity index (χ0) is 18.0. The van der Waals surface area contributed by atoms with Crippen molar-refractivity contribution >= 4 is 29.1 Å². The van der Waals surface area contributed by atoms with Crippen LogP contribution in [0.5, 0.6) is 0 Å². The Balaban J connectivity index is 2.08. The number of carbonyl (C=O) groups is 1. The van der Waals surface area contributed by atoms with Crippen molar-refractivity contribution in [2.75, 3.05) is 12.4 Å². The van der Waals surface area contributed by atoms with Gasteiger partial charge in [-0.25, -0.2) is 4.79 Å². The number of nitrogens with one attached hydrogen (secondary N) is 1. The number of aryl methyl sites for hydroxylation is 2. The Labute approximate surface area is 150 Å². The van der Waals surface area contributed by atoms with Gasteiger partial charge in [-0.3, -0.25) is 0 Å². The highest BCUT2D eigenvalue weighted by Gasteiger charge is 2.25. The molecule has 25 heavy (non-hydrogen) atoms. The number of rotatable bonds is 4. The highest BCUT2D eigenvalue weighted by atomic mass is 35.5. The average Bonchev–Trinajstić information content (AvgIpc) is 3.01. The lowest BCUT2D eigenvalue weighted by atomic mass is 10.1. The summed E-state index contributed by atoms with van der Waals surface area (Å²) in [4.78, 5) is 12.3. The van der Waals surface area contributed by atoms with Crippen LogP contribution < -0.4 is 5.32 Å². The fraction of sp³-hybridized carbons (Fsp3) is 0.158. The summed E-state index contributed by atoms with van der Waals surface area (Å²) >= 11 is 6.05. The highest BCUT2D eigenvalue weighted by Crippen LogP contribution is 2.33. The van der Waals surface area contributed by atoms with E-state index < -0.39 is 5.97 Å². The number of halogens is 1. The maximum absolute atomic E-state index is 12.3. The van der Waals surface area contributed by atoms with E-state index in [1.807, 2.05) is 32.0 Å². The summed E-state index contributed by atoms with van der Waals surface area (Å²) in [5, 5.41) is 7.73. The van der Waals surface area contributed by atoms with Crippen molar-refractivity contribution in [2.45, 2.75) is 13.8 Å². The van der Waals surface area contributed by atoms with Gasteiger partial charge in [0.25, 0.3) is 0 Å². The van der Waals surface area contributed by atoms with Gasteiger partial charge in [0.1, 0.15) is 5.69 Å². The van der Waals surface area contributed by atoms with Crippen LogP contribution in [0.1, 0.15) is 21.5 Å². The van der Waals surface area contributed by atoms with Crippen molar-refractivity contribution in [1.29, 1.82) is 0 Å². The molecule has 0 unspecified atom stereocenters. The molecular formula is C19H17ClN2O3. The molecular weight excluding hydrogens is 340 g/mol. The Hall–Kier alpha value is -2.79. The summed E-state index contributed by atoms with van der Waals surface area (Å²) in [5.74, 6) is -0.306. The molecule has 0 bridgehead atoms. The molecule has 2 aromatic carbocycles. The van der Waals surface area contributed by atoms with Crippen molar-refractivity contribution in [3.63, 3.8) is 0 Å². The van der Waals surface area contributed by atoms with Crippen LogP contribution in [0.3, 0.4) is 0 Å². The first-order chi connectivity index (χ1) is 12.0. The van der Waals surface area contributed by atoms with Crippen molar-refractivity contribution in [3.8, 4) is 11.3 Å². The van der Waals surface area contributed by atoms with Gasteiger partial charge in [-0.1, -0.05) is 41.0 Å². The van der Waals surface area contributed by atoms with Crippen LogP contribution in [0, 0.1) is 13.8 Å². The molecule has 6 heteroatoms. The number of hydrogen-bond acceptors (Lipinski definition) is 5. The molecule has 0 amide bonds. The summed E-state index contributed by atoms with van der Waals surface area (Å²) in [6, 6.07) is 13.0. The normalized spacial score (nSPS) is 10.6. The molecule has 1 heterocycles. The van der Waals surface area contributed by atoms with E-state index >= 15 is 0 Å². The standard InChI is InChI=1S/C19H17ClN2O3/c1-11-7-8-12(2)15(9-11)21-18-16(19(23)24-3)17(22-25-18)13-5-4-6-14(20)10-13/h4-10,21H,1-3H3. The van der Waals surface area contributed by atoms with Gasteiger partial charge >= 0.3 is 5.97 Å². The maximum Gasteiger partial charge on any atom is 0.345 e. The molecule has 0 radical (unpaired) electrons. The Morgan fingerprint density at radius 2 is 2.00 bits per heavy atom. The maximum atomic E-state index is 12.3. The Bertz CT molecular complexity index is 934. The second kappa shape index (κ2) is 6.99. The summed E-state index contributed by atoms with van der Waals surface area (Å²) in [7, 11) is 1.32. The number of hydrogen-bond donors (Lipinski definition) is 1. The third-order valence-electron chi connectivity index (χ3n) is 3.82. The zero-order valence-corrected chi connectivity index (χ0v) is 14.8. The summed E-state index contributed by atoms with van der Waals surface area (Å²) in [6.07, 6.45) is 0. The molecule has 1 N–H and O–H groups in total. The van der Waals surface area contributed by atoms with Gasteiger partial charge in [-0.2, -0.15) is 0 Å². The van der Waals surface area contributed by atoms with Gasteiger partial charge in [-0.05, 0) is 43.2 Å². The quantitative estimate of drug-likeness (QED) is 0.655. The van der Waals surface area contributed by atoms with E-state index in [2.05, 4.69) is 10.5 Å². The number of carbonyl (C=O) groups excluding carboxylic acids is 1. The smallest absolute Gasteiger partial charge is 0.345 e. The lowest BCUT2D eigenvalue weighted by Gasteiger charge is -2.09. The summed E-state index contributed by atoms with van der Waals surface area (Å²) in [6.45, 7) is 3.96. The van der Waals surface area contributed by atoms with Crippen molar-refractivity contribution in [1.82, 2.24) is 5.16 Å². The van der Waals surface area contributed by atoms with Crippen LogP contribution >= 0.6 is 11.6 Å². The molecule has 0 aliphatic heterocycles. The number of ether oxygens (including phenoxy) is 1. The van der Waals surface area contributed by atoms with Gasteiger partial charge in [0, 0.05) is 16.3 Å². The topological polar surface area (TPSA) is 64.4 Å². The molecule has 1 aromatic heterocycles. The fourth-order valence-corrected chi connectivity index (χ4v) is 2.68. The minimum Gasteiger partial charge on any atom is -0.465 e. The number of aromatic nitrogens is 1. The van der Waals surface area contributed by atoms with E-state index in [9.17, 15) is 4.79 Å². The second-order valence-electron chi connectivity index (χ2n) is 5.68. The van der Waals surface area contributed by atoms with Gasteiger partial charge < -0.3 is 14.6 Å². The Kier molecular flexibility index (Phi) is 4.76. The summed E-state index contributed by atoms with van der Waals surface area (Å²) < 4.78 is 10.3. The van der Waals surface area contributed by atoms with Crippen LogP contribution in [-0.4, -0.2) is 18.2 Å². The molecule has 0 fully saturated rings. The van der Waals surface area contributed by atoms with E-state index in [0.29, 0.717) is 16.3 Å². The monoisotopic (exact) mass is 356 g/mol. The first-order valence-electron chi connectivity index (χ1n) is 7.68. The SMILES string of the molecule is COC(=O)c1c(-c2cccc(Cl)c2)noc1Nc1cc(C)ccc1C. The van der Waals surface area contributed by atoms with E-state index in [1.165, 1.54) is 7.11 Å². The van der Waals surface area contributed by atoms with Gasteiger partial charge in [0.2, 0.25) is 5.88 Å². The number of nitrogens with zero attached hydrogens (tertiary/aromatic N) is 1. The van der Waals surface area contributed by atoms with Crippen molar-refractivity contribution < 1.29 is 14.1 Å². The van der Waals surface area contributed by atoms with Crippen molar-refractivity contribution in [3.05, 3.63) is 64.2 Å². The molecule has 0 aliphatic rings. The van der Waals surface area contributed by atoms with Gasteiger partial charge in [0.15, 0.2) is 5.56 Å². The molecule has 0 atom stereocenters. The Morgan fingerprint density at radius 1 is 1.20 bits per heavy atom. The predicted octanol–water partition coefficient (Wildman–Crippen LogP) is 5.14. The number of esters is 1. The molecule has 3 aromatic rings. The molecule has 0 saturated heterocycles. The Morgan fingerprint density at radius 3 is 2.72 bits per heavy atom. The predicted molar refractivity (Wildman–Crippen MR) is 97.5 cm³/mol. The molecule has 5 nitrogen and oxygen atoms in total. The molecule has 0 spiro atoms. The van der Waals surface area contributed by atoms with Crippen LogP contribution in [0.15, 0.2) is 47.0 Å². The summed E-state index contributed by atoms with van der Waals surface area (Å²) in [5.41, 5.74) is 4.21. The lowest BCUT2D eigenvalue weighted by molar-refractivity contribution is 0.0602. The largest absolute Gasteiger partial charge is 0.465 e. The van der Waals surface area contributed by atoms with E-state index in [-0.39, 0.29) is 11.4 Å². The average molecular weight is 357 g/mol.